The largest absolute Gasteiger partial charge is 0.479 e. The smallest absolute Gasteiger partial charge is 0.245 e. The van der Waals surface area contributed by atoms with Gasteiger partial charge in [-0.1, -0.05) is 23.2 Å². The van der Waals surface area contributed by atoms with Crippen molar-refractivity contribution in [3.63, 3.8) is 0 Å². The van der Waals surface area contributed by atoms with Crippen molar-refractivity contribution in [3.05, 3.63) is 82.4 Å². The van der Waals surface area contributed by atoms with Crippen LogP contribution in [0.4, 0.5) is 0 Å². The summed E-state index contributed by atoms with van der Waals surface area (Å²) in [5, 5.41) is 15.8. The van der Waals surface area contributed by atoms with E-state index in [0.29, 0.717) is 59.1 Å². The lowest BCUT2D eigenvalue weighted by molar-refractivity contribution is 0.0947. The van der Waals surface area contributed by atoms with Gasteiger partial charge >= 0.3 is 0 Å². The summed E-state index contributed by atoms with van der Waals surface area (Å²) in [4.78, 5) is 33.3. The highest BCUT2D eigenvalue weighted by Gasteiger charge is 2.47. The average molecular weight is 1110 g/mol. The first-order valence-electron chi connectivity index (χ1n) is 22.9. The molecule has 8 atom stereocenters. The SMILES string of the molecule is CCO[C@@H]1C[C@@H]1c1nnc(CS(=O)(=O)[C@@H](C)[C@H](OC)c2ncc(Cl)cn2)n1-c1c(OC)ncnc1OC.CCO[C@H]1C[C@H]1c1nnc(CS(=O)(=O)[C@@H](C)[C@H](OC)c2ncc(Cl)cn2)n1-c1c(OC)ncnc1OC. The number of hydrogen-bond donors (Lipinski definition) is 0. The molecule has 2 aliphatic carbocycles. The zero-order valence-electron chi connectivity index (χ0n) is 42.1. The van der Waals surface area contributed by atoms with Crippen LogP contribution in [0.2, 0.25) is 10.0 Å². The van der Waals surface area contributed by atoms with E-state index in [2.05, 4.69) is 60.3 Å². The Labute approximate surface area is 437 Å². The third-order valence-corrected chi connectivity index (χ3v) is 16.5. The molecule has 6 aromatic rings. The second-order valence-corrected chi connectivity index (χ2v) is 22.2. The molecular formula is C44H56Cl2N14O12S2. The van der Waals surface area contributed by atoms with Gasteiger partial charge in [-0.15, -0.1) is 20.4 Å². The lowest BCUT2D eigenvalue weighted by Gasteiger charge is -2.22. The van der Waals surface area contributed by atoms with E-state index in [-0.39, 0.29) is 70.9 Å². The Kier molecular flexibility index (Phi) is 18.3. The number of nitrogens with zero attached hydrogens (tertiary/aromatic N) is 14. The molecule has 30 heteroatoms. The van der Waals surface area contributed by atoms with Gasteiger partial charge in [0.2, 0.25) is 23.5 Å². The van der Waals surface area contributed by atoms with Crippen molar-refractivity contribution in [2.45, 2.75) is 98.8 Å². The van der Waals surface area contributed by atoms with Crippen molar-refractivity contribution in [3.8, 4) is 34.9 Å². The highest BCUT2D eigenvalue weighted by atomic mass is 35.5. The number of hydrogen-bond acceptors (Lipinski definition) is 24. The van der Waals surface area contributed by atoms with Gasteiger partial charge in [0.1, 0.15) is 48.0 Å². The lowest BCUT2D eigenvalue weighted by Crippen LogP contribution is -2.30. The first kappa shape index (κ1) is 55.9. The van der Waals surface area contributed by atoms with E-state index in [4.69, 9.17) is 61.1 Å². The Bertz CT molecular complexity index is 2840. The Hall–Kier alpha value is -5.88. The summed E-state index contributed by atoms with van der Waals surface area (Å²) in [6, 6.07) is 0. The Balaban J connectivity index is 0.000000216. The molecule has 0 spiro atoms. The van der Waals surface area contributed by atoms with E-state index < -0.39 is 53.9 Å². The standard InChI is InChI=1S/2C22H28ClN7O6S/c2*1-6-36-15-7-14(15)20-29-28-16(30(20)17-21(34-4)26-11-27-22(17)35-5)10-37(31,32)12(2)18(33-3)19-24-8-13(23)9-25-19/h2*8-9,11-12,14-15,18H,6-7,10H2,1-5H3/t12-,14+,15-,18-;12-,14-,15+,18-/m00/s1. The molecule has 0 aromatic carbocycles. The number of ether oxygens (including phenoxy) is 8. The summed E-state index contributed by atoms with van der Waals surface area (Å²) in [5.74, 6) is 1.28. The monoisotopic (exact) mass is 1110 g/mol. The summed E-state index contributed by atoms with van der Waals surface area (Å²) in [5.41, 5.74) is 0.605. The maximum atomic E-state index is 13.6. The van der Waals surface area contributed by atoms with Crippen molar-refractivity contribution in [1.29, 1.82) is 0 Å². The quantitative estimate of drug-likeness (QED) is 0.0820. The summed E-state index contributed by atoms with van der Waals surface area (Å²) < 4.78 is 102. The van der Waals surface area contributed by atoms with Crippen LogP contribution in [0.25, 0.3) is 11.4 Å². The fraction of sp³-hybridized carbons (Fsp3) is 0.545. The van der Waals surface area contributed by atoms with Gasteiger partial charge < -0.3 is 37.9 Å². The summed E-state index contributed by atoms with van der Waals surface area (Å²) in [7, 11) is 0.816. The van der Waals surface area contributed by atoms with E-state index in [0.717, 1.165) is 0 Å². The van der Waals surface area contributed by atoms with Crippen LogP contribution in [0, 0.1) is 0 Å². The number of sulfone groups is 2. The van der Waals surface area contributed by atoms with Crippen LogP contribution >= 0.6 is 23.2 Å². The van der Waals surface area contributed by atoms with Crippen LogP contribution in [0.1, 0.15) is 99.5 Å². The fourth-order valence-electron chi connectivity index (χ4n) is 8.13. The molecule has 74 heavy (non-hydrogen) atoms. The van der Waals surface area contributed by atoms with Crippen LogP contribution < -0.4 is 18.9 Å². The van der Waals surface area contributed by atoms with E-state index >= 15 is 0 Å². The minimum atomic E-state index is -3.88. The zero-order valence-corrected chi connectivity index (χ0v) is 45.2. The number of halogens is 2. The molecule has 0 saturated heterocycles. The summed E-state index contributed by atoms with van der Waals surface area (Å²) in [6.45, 7) is 7.96. The molecule has 400 valence electrons. The molecule has 0 radical (unpaired) electrons. The third-order valence-electron chi connectivity index (χ3n) is 12.1. The predicted octanol–water partition coefficient (Wildman–Crippen LogP) is 4.20. The van der Waals surface area contributed by atoms with Crippen LogP contribution in [0.3, 0.4) is 0 Å². The van der Waals surface area contributed by atoms with E-state index in [1.165, 1.54) is 93.9 Å². The Morgan fingerprint density at radius 1 is 0.541 bits per heavy atom. The average Bonchev–Trinajstić information content (AvgIpc) is 4.27. The molecule has 0 unspecified atom stereocenters. The first-order valence-corrected chi connectivity index (χ1v) is 27.1. The maximum Gasteiger partial charge on any atom is 0.245 e. The molecule has 6 heterocycles. The number of rotatable bonds is 24. The molecule has 2 saturated carbocycles. The minimum Gasteiger partial charge on any atom is -0.479 e. The second kappa shape index (κ2) is 24.2. The van der Waals surface area contributed by atoms with Gasteiger partial charge in [-0.3, -0.25) is 9.13 Å². The Morgan fingerprint density at radius 2 is 0.865 bits per heavy atom. The molecule has 0 N–H and O–H groups in total. The number of methoxy groups -OCH3 is 6. The zero-order chi connectivity index (χ0) is 53.5. The maximum absolute atomic E-state index is 13.6. The molecule has 26 nitrogen and oxygen atoms in total. The highest BCUT2D eigenvalue weighted by Crippen LogP contribution is 2.46. The Morgan fingerprint density at radius 3 is 1.15 bits per heavy atom. The summed E-state index contributed by atoms with van der Waals surface area (Å²) in [6.07, 6.45) is 7.57. The topological polar surface area (TPSA) is 307 Å². The van der Waals surface area contributed by atoms with Crippen molar-refractivity contribution in [2.24, 2.45) is 0 Å². The van der Waals surface area contributed by atoms with Gasteiger partial charge in [-0.25, -0.2) is 36.8 Å². The molecule has 2 aliphatic rings. The fourth-order valence-corrected chi connectivity index (χ4v) is 11.2. The van der Waals surface area contributed by atoms with Gasteiger partial charge in [0.25, 0.3) is 0 Å². The van der Waals surface area contributed by atoms with Gasteiger partial charge in [0.05, 0.1) is 61.2 Å². The molecule has 0 aliphatic heterocycles. The van der Waals surface area contributed by atoms with Gasteiger partial charge in [-0.05, 0) is 40.5 Å². The second-order valence-electron chi connectivity index (χ2n) is 16.6. The minimum absolute atomic E-state index is 0.0575. The van der Waals surface area contributed by atoms with Crippen molar-refractivity contribution in [1.82, 2.24) is 69.4 Å². The summed E-state index contributed by atoms with van der Waals surface area (Å²) >= 11 is 11.8. The van der Waals surface area contributed by atoms with Crippen molar-refractivity contribution in [2.75, 3.05) is 55.9 Å². The lowest BCUT2D eigenvalue weighted by atomic mass is 10.2. The van der Waals surface area contributed by atoms with Gasteiger partial charge in [-0.2, -0.15) is 19.9 Å². The number of aromatic nitrogens is 14. The molecule has 0 bridgehead atoms. The molecule has 8 rings (SSSR count). The predicted molar refractivity (Wildman–Crippen MR) is 263 cm³/mol. The van der Waals surface area contributed by atoms with E-state index in [1.54, 1.807) is 9.13 Å². The van der Waals surface area contributed by atoms with Crippen LogP contribution in [-0.2, 0) is 50.1 Å². The van der Waals surface area contributed by atoms with Crippen LogP contribution in [-0.4, -0.2) is 165 Å². The normalized spacial score (nSPS) is 18.9. The first-order chi connectivity index (χ1) is 35.5. The molecule has 2 fully saturated rings. The third kappa shape index (κ3) is 12.1. The van der Waals surface area contributed by atoms with E-state index in [1.807, 2.05) is 13.8 Å². The molecule has 0 amide bonds. The van der Waals surface area contributed by atoms with Gasteiger partial charge in [0.15, 0.2) is 54.3 Å². The van der Waals surface area contributed by atoms with Gasteiger partial charge in [0, 0.05) is 64.1 Å². The van der Waals surface area contributed by atoms with Crippen LogP contribution in [0.15, 0.2) is 37.4 Å². The highest BCUT2D eigenvalue weighted by molar-refractivity contribution is 7.91. The van der Waals surface area contributed by atoms with Crippen molar-refractivity contribution >= 4 is 42.9 Å². The van der Waals surface area contributed by atoms with Crippen LogP contribution in [0.5, 0.6) is 23.5 Å². The molecular weight excluding hydrogens is 1050 g/mol. The molecule has 6 aromatic heterocycles. The van der Waals surface area contributed by atoms with E-state index in [9.17, 15) is 16.8 Å². The van der Waals surface area contributed by atoms with Crippen molar-refractivity contribution < 1.29 is 54.7 Å².